The van der Waals surface area contributed by atoms with Crippen molar-refractivity contribution in [3.63, 3.8) is 0 Å². The summed E-state index contributed by atoms with van der Waals surface area (Å²) in [5.74, 6) is 0. The summed E-state index contributed by atoms with van der Waals surface area (Å²) in [5.41, 5.74) is 8.41. The quantitative estimate of drug-likeness (QED) is 0.403. The van der Waals surface area contributed by atoms with E-state index >= 15 is 0 Å². The molecule has 0 spiro atoms. The predicted octanol–water partition coefficient (Wildman–Crippen LogP) is 5.06. The largest absolute Gasteiger partial charge is 0.0795 e. The standard InChI is InChI=1S/C19H12/c1-2-7-15-14(6-1)16-10-8-12-4-3-5-13-9-11-17(15)19(16)18(12)13/h1-4,6-11H,5H2. The third kappa shape index (κ3) is 1.05. The first kappa shape index (κ1) is 9.57. The van der Waals surface area contributed by atoms with Gasteiger partial charge in [-0.25, -0.2) is 0 Å². The van der Waals surface area contributed by atoms with Gasteiger partial charge in [-0.2, -0.15) is 0 Å². The zero-order chi connectivity index (χ0) is 12.4. The highest BCUT2D eigenvalue weighted by molar-refractivity contribution is 6.18. The van der Waals surface area contributed by atoms with E-state index in [0.717, 1.165) is 6.42 Å². The maximum absolute atomic E-state index is 2.30. The van der Waals surface area contributed by atoms with Crippen molar-refractivity contribution in [2.45, 2.75) is 6.42 Å². The van der Waals surface area contributed by atoms with Gasteiger partial charge in [0.2, 0.25) is 0 Å². The third-order valence-corrected chi connectivity index (χ3v) is 4.42. The fraction of sp³-hybridized carbons (Fsp3) is 0.0526. The Morgan fingerprint density at radius 2 is 1.37 bits per heavy atom. The van der Waals surface area contributed by atoms with Gasteiger partial charge in [-0.3, -0.25) is 0 Å². The van der Waals surface area contributed by atoms with Gasteiger partial charge in [-0.05, 0) is 50.6 Å². The smallest absolute Gasteiger partial charge is 0.00175 e. The van der Waals surface area contributed by atoms with Gasteiger partial charge in [0.15, 0.2) is 0 Å². The zero-order valence-corrected chi connectivity index (χ0v) is 10.5. The molecule has 0 saturated heterocycles. The molecular weight excluding hydrogens is 228 g/mol. The van der Waals surface area contributed by atoms with Gasteiger partial charge in [0.25, 0.3) is 0 Å². The molecule has 0 heteroatoms. The molecule has 0 fully saturated rings. The summed E-state index contributed by atoms with van der Waals surface area (Å²) < 4.78 is 0. The molecular formula is C19H12. The van der Waals surface area contributed by atoms with Crippen molar-refractivity contribution >= 4 is 16.8 Å². The second-order valence-corrected chi connectivity index (χ2v) is 5.38. The Hall–Kier alpha value is -2.34. The Balaban J connectivity index is 2.08. The van der Waals surface area contributed by atoms with Crippen molar-refractivity contribution in [1.29, 1.82) is 0 Å². The van der Waals surface area contributed by atoms with Crippen LogP contribution in [0.5, 0.6) is 0 Å². The topological polar surface area (TPSA) is 0 Å². The van der Waals surface area contributed by atoms with E-state index in [0.29, 0.717) is 0 Å². The molecule has 0 N–H and O–H groups in total. The summed E-state index contributed by atoms with van der Waals surface area (Å²) in [6.07, 6.45) is 5.59. The average Bonchev–Trinajstić information content (AvgIpc) is 2.81. The molecule has 0 aromatic heterocycles. The van der Waals surface area contributed by atoms with Gasteiger partial charge in [-0.1, -0.05) is 60.7 Å². The van der Waals surface area contributed by atoms with E-state index in [4.69, 9.17) is 0 Å². The lowest BCUT2D eigenvalue weighted by Gasteiger charge is -2.14. The molecule has 2 aliphatic carbocycles. The molecule has 2 aliphatic rings. The maximum Gasteiger partial charge on any atom is -0.00175 e. The van der Waals surface area contributed by atoms with Crippen LogP contribution in [-0.4, -0.2) is 0 Å². The van der Waals surface area contributed by atoms with Crippen LogP contribution in [0, 0.1) is 0 Å². The van der Waals surface area contributed by atoms with Crippen LogP contribution in [0.25, 0.3) is 39.1 Å². The Bertz CT molecular complexity index is 853. The highest BCUT2D eigenvalue weighted by Crippen LogP contribution is 2.49. The Kier molecular flexibility index (Phi) is 1.59. The molecule has 5 rings (SSSR count). The van der Waals surface area contributed by atoms with E-state index in [1.54, 1.807) is 0 Å². The first-order valence-electron chi connectivity index (χ1n) is 6.78. The van der Waals surface area contributed by atoms with Crippen LogP contribution in [0.3, 0.4) is 0 Å². The lowest BCUT2D eigenvalue weighted by molar-refractivity contribution is 1.29. The van der Waals surface area contributed by atoms with Crippen LogP contribution in [-0.2, 0) is 6.42 Å². The van der Waals surface area contributed by atoms with Crippen molar-refractivity contribution < 1.29 is 0 Å². The van der Waals surface area contributed by atoms with Crippen LogP contribution < -0.4 is 0 Å². The van der Waals surface area contributed by atoms with Crippen LogP contribution in [0.1, 0.15) is 11.1 Å². The second-order valence-electron chi connectivity index (χ2n) is 5.38. The van der Waals surface area contributed by atoms with Crippen LogP contribution in [0.15, 0.2) is 54.6 Å². The fourth-order valence-electron chi connectivity index (χ4n) is 3.62. The highest BCUT2D eigenvalue weighted by Gasteiger charge is 2.23. The molecule has 0 amide bonds. The fourth-order valence-corrected chi connectivity index (χ4v) is 3.62. The summed E-state index contributed by atoms with van der Waals surface area (Å²) >= 11 is 0. The van der Waals surface area contributed by atoms with E-state index < -0.39 is 0 Å². The summed E-state index contributed by atoms with van der Waals surface area (Å²) in [5, 5.41) is 2.93. The van der Waals surface area contributed by atoms with E-state index in [-0.39, 0.29) is 0 Å². The second kappa shape index (κ2) is 3.16. The normalized spacial score (nSPS) is 13.9. The maximum atomic E-state index is 2.30. The SMILES string of the molecule is C1=Cc2ccc3c4c(ccc(c24)C1)-c1ccccc1-3. The molecule has 0 bridgehead atoms. The van der Waals surface area contributed by atoms with E-state index in [2.05, 4.69) is 60.7 Å². The lowest BCUT2D eigenvalue weighted by Crippen LogP contribution is -1.93. The number of allylic oxidation sites excluding steroid dienone is 1. The monoisotopic (exact) mass is 240 g/mol. The lowest BCUT2D eigenvalue weighted by atomic mass is 9.90. The molecule has 0 atom stereocenters. The molecule has 0 heterocycles. The zero-order valence-electron chi connectivity index (χ0n) is 10.5. The number of fused-ring (bicyclic) bond motifs is 3. The Labute approximate surface area is 112 Å². The summed E-state index contributed by atoms with van der Waals surface area (Å²) in [6.45, 7) is 0. The van der Waals surface area contributed by atoms with E-state index in [1.807, 2.05) is 0 Å². The predicted molar refractivity (Wildman–Crippen MR) is 81.1 cm³/mol. The average molecular weight is 240 g/mol. The Morgan fingerprint density at radius 3 is 2.16 bits per heavy atom. The van der Waals surface area contributed by atoms with Crippen LogP contribution >= 0.6 is 0 Å². The minimum atomic E-state index is 1.06. The van der Waals surface area contributed by atoms with Crippen molar-refractivity contribution in [3.05, 3.63) is 65.7 Å². The van der Waals surface area contributed by atoms with Crippen molar-refractivity contribution in [1.82, 2.24) is 0 Å². The number of benzene rings is 3. The molecule has 0 aliphatic heterocycles. The third-order valence-electron chi connectivity index (χ3n) is 4.42. The van der Waals surface area contributed by atoms with Crippen LogP contribution in [0.2, 0.25) is 0 Å². The van der Waals surface area contributed by atoms with Crippen molar-refractivity contribution in [2.75, 3.05) is 0 Å². The number of hydrogen-bond donors (Lipinski definition) is 0. The first-order chi connectivity index (χ1) is 9.43. The van der Waals surface area contributed by atoms with E-state index in [1.165, 1.54) is 44.2 Å². The Morgan fingerprint density at radius 1 is 0.632 bits per heavy atom. The molecule has 0 saturated carbocycles. The minimum absolute atomic E-state index is 1.06. The number of hydrogen-bond acceptors (Lipinski definition) is 0. The molecule has 3 aromatic rings. The molecule has 0 radical (unpaired) electrons. The molecule has 0 nitrogen and oxygen atoms in total. The summed E-state index contributed by atoms with van der Waals surface area (Å²) in [6, 6.07) is 17.9. The van der Waals surface area contributed by atoms with Gasteiger partial charge < -0.3 is 0 Å². The molecule has 88 valence electrons. The minimum Gasteiger partial charge on any atom is -0.0795 e. The highest BCUT2D eigenvalue weighted by atomic mass is 14.3. The summed E-state index contributed by atoms with van der Waals surface area (Å²) in [4.78, 5) is 0. The molecule has 0 unspecified atom stereocenters. The molecule has 19 heavy (non-hydrogen) atoms. The van der Waals surface area contributed by atoms with Gasteiger partial charge >= 0.3 is 0 Å². The van der Waals surface area contributed by atoms with Crippen molar-refractivity contribution in [2.24, 2.45) is 0 Å². The first-order valence-corrected chi connectivity index (χ1v) is 6.78. The summed E-state index contributed by atoms with van der Waals surface area (Å²) in [7, 11) is 0. The van der Waals surface area contributed by atoms with Gasteiger partial charge in [-0.15, -0.1) is 0 Å². The molecule has 3 aromatic carbocycles. The number of rotatable bonds is 0. The van der Waals surface area contributed by atoms with Crippen molar-refractivity contribution in [3.8, 4) is 22.3 Å². The van der Waals surface area contributed by atoms with Gasteiger partial charge in [0.1, 0.15) is 0 Å². The van der Waals surface area contributed by atoms with Gasteiger partial charge in [0, 0.05) is 0 Å². The van der Waals surface area contributed by atoms with E-state index in [9.17, 15) is 0 Å². The van der Waals surface area contributed by atoms with Gasteiger partial charge in [0.05, 0.1) is 0 Å². The van der Waals surface area contributed by atoms with Crippen LogP contribution in [0.4, 0.5) is 0 Å².